The SMILES string of the molecule is C[NH+](Cc1ccc(Br)cc1)C[C@@H](O)COc1cccc(Br)c1. The minimum atomic E-state index is -0.491. The average molecular weight is 430 g/mol. The number of nitrogens with one attached hydrogen (secondary N) is 1. The van der Waals surface area contributed by atoms with E-state index in [1.807, 2.05) is 36.4 Å². The van der Waals surface area contributed by atoms with Crippen molar-refractivity contribution in [2.75, 3.05) is 20.2 Å². The number of rotatable bonds is 7. The van der Waals surface area contributed by atoms with E-state index in [2.05, 4.69) is 51.0 Å². The molecule has 118 valence electrons. The van der Waals surface area contributed by atoms with Crippen molar-refractivity contribution in [3.8, 4) is 5.75 Å². The number of quaternary nitrogens is 1. The van der Waals surface area contributed by atoms with Gasteiger partial charge in [0.1, 0.15) is 31.5 Å². The largest absolute Gasteiger partial charge is 0.491 e. The van der Waals surface area contributed by atoms with Crippen LogP contribution in [0.3, 0.4) is 0 Å². The molecular formula is C17H20Br2NO2+. The summed E-state index contributed by atoms with van der Waals surface area (Å²) in [6.45, 7) is 1.82. The molecule has 0 radical (unpaired) electrons. The molecule has 5 heteroatoms. The zero-order valence-corrected chi connectivity index (χ0v) is 15.6. The summed E-state index contributed by atoms with van der Waals surface area (Å²) < 4.78 is 7.67. The van der Waals surface area contributed by atoms with E-state index >= 15 is 0 Å². The molecule has 2 atom stereocenters. The summed E-state index contributed by atoms with van der Waals surface area (Å²) in [5.41, 5.74) is 1.25. The van der Waals surface area contributed by atoms with Gasteiger partial charge in [0.25, 0.3) is 0 Å². The molecule has 0 amide bonds. The molecule has 1 unspecified atom stereocenters. The van der Waals surface area contributed by atoms with E-state index in [1.54, 1.807) is 0 Å². The van der Waals surface area contributed by atoms with Gasteiger partial charge in [0.15, 0.2) is 0 Å². The highest BCUT2D eigenvalue weighted by Crippen LogP contribution is 2.17. The zero-order valence-electron chi connectivity index (χ0n) is 12.4. The van der Waals surface area contributed by atoms with Crippen molar-refractivity contribution in [3.05, 3.63) is 63.0 Å². The highest BCUT2D eigenvalue weighted by atomic mass is 79.9. The first-order chi connectivity index (χ1) is 10.5. The first-order valence-electron chi connectivity index (χ1n) is 7.15. The Morgan fingerprint density at radius 1 is 1.09 bits per heavy atom. The molecule has 0 spiro atoms. The lowest BCUT2D eigenvalue weighted by Gasteiger charge is -2.18. The molecule has 0 bridgehead atoms. The van der Waals surface area contributed by atoms with Crippen molar-refractivity contribution in [3.63, 3.8) is 0 Å². The first-order valence-corrected chi connectivity index (χ1v) is 8.73. The molecule has 0 fully saturated rings. The molecule has 0 aliphatic rings. The smallest absolute Gasteiger partial charge is 0.137 e. The number of ether oxygens (including phenoxy) is 1. The lowest BCUT2D eigenvalue weighted by molar-refractivity contribution is -0.897. The predicted molar refractivity (Wildman–Crippen MR) is 95.2 cm³/mol. The van der Waals surface area contributed by atoms with Crippen LogP contribution >= 0.6 is 31.9 Å². The van der Waals surface area contributed by atoms with Crippen molar-refractivity contribution < 1.29 is 14.7 Å². The quantitative estimate of drug-likeness (QED) is 0.709. The topological polar surface area (TPSA) is 33.9 Å². The number of aliphatic hydroxyl groups excluding tert-OH is 1. The number of hydrogen-bond acceptors (Lipinski definition) is 2. The average Bonchev–Trinajstić information content (AvgIpc) is 2.47. The van der Waals surface area contributed by atoms with Gasteiger partial charge < -0.3 is 14.7 Å². The van der Waals surface area contributed by atoms with Gasteiger partial charge in [-0.1, -0.05) is 50.1 Å². The summed E-state index contributed by atoms with van der Waals surface area (Å²) in [5, 5.41) is 10.1. The van der Waals surface area contributed by atoms with E-state index in [1.165, 1.54) is 10.5 Å². The Labute approximate surface area is 148 Å². The predicted octanol–water partition coefficient (Wildman–Crippen LogP) is 2.67. The molecular weight excluding hydrogens is 410 g/mol. The van der Waals surface area contributed by atoms with Gasteiger partial charge in [0.05, 0.1) is 7.05 Å². The second-order valence-electron chi connectivity index (χ2n) is 5.39. The zero-order chi connectivity index (χ0) is 15.9. The molecule has 22 heavy (non-hydrogen) atoms. The van der Waals surface area contributed by atoms with Crippen LogP contribution in [-0.4, -0.2) is 31.4 Å². The number of halogens is 2. The van der Waals surface area contributed by atoms with Gasteiger partial charge in [-0.3, -0.25) is 0 Å². The summed E-state index contributed by atoms with van der Waals surface area (Å²) >= 11 is 6.83. The first kappa shape index (κ1) is 17.5. The van der Waals surface area contributed by atoms with Gasteiger partial charge in [-0.05, 0) is 30.3 Å². The van der Waals surface area contributed by atoms with Crippen molar-refractivity contribution >= 4 is 31.9 Å². The Hall–Kier alpha value is -0.880. The highest BCUT2D eigenvalue weighted by Gasteiger charge is 2.13. The fourth-order valence-electron chi connectivity index (χ4n) is 2.23. The Kier molecular flexibility index (Phi) is 6.89. The van der Waals surface area contributed by atoms with Crippen molar-refractivity contribution in [2.24, 2.45) is 0 Å². The number of likely N-dealkylation sites (N-methyl/N-ethyl adjacent to an activating group) is 1. The standard InChI is InChI=1S/C17H19Br2NO2/c1-20(10-13-5-7-14(18)8-6-13)11-16(21)12-22-17-4-2-3-15(19)9-17/h2-9,16,21H,10-12H2,1H3/p+1/t16-/m1/s1. The van der Waals surface area contributed by atoms with Gasteiger partial charge in [-0.15, -0.1) is 0 Å². The van der Waals surface area contributed by atoms with Crippen LogP contribution in [0, 0.1) is 0 Å². The van der Waals surface area contributed by atoms with E-state index in [-0.39, 0.29) is 0 Å². The van der Waals surface area contributed by atoms with Crippen molar-refractivity contribution in [1.82, 2.24) is 0 Å². The third-order valence-electron chi connectivity index (χ3n) is 3.24. The van der Waals surface area contributed by atoms with Crippen molar-refractivity contribution in [2.45, 2.75) is 12.6 Å². The molecule has 2 N–H and O–H groups in total. The van der Waals surface area contributed by atoms with Crippen LogP contribution in [0.15, 0.2) is 57.5 Å². The van der Waals surface area contributed by atoms with Crippen LogP contribution in [-0.2, 0) is 6.54 Å². The molecule has 2 rings (SSSR count). The minimum absolute atomic E-state index is 0.300. The summed E-state index contributed by atoms with van der Waals surface area (Å²) in [6.07, 6.45) is -0.491. The highest BCUT2D eigenvalue weighted by molar-refractivity contribution is 9.10. The van der Waals surface area contributed by atoms with Crippen LogP contribution in [0.1, 0.15) is 5.56 Å². The molecule has 0 saturated carbocycles. The van der Waals surface area contributed by atoms with E-state index in [0.29, 0.717) is 13.2 Å². The summed E-state index contributed by atoms with van der Waals surface area (Å²) in [5.74, 6) is 0.763. The maximum absolute atomic E-state index is 10.1. The number of aliphatic hydroxyl groups is 1. The van der Waals surface area contributed by atoms with E-state index < -0.39 is 6.10 Å². The van der Waals surface area contributed by atoms with Gasteiger partial charge in [-0.25, -0.2) is 0 Å². The normalized spacial score (nSPS) is 13.6. The van der Waals surface area contributed by atoms with E-state index in [0.717, 1.165) is 21.2 Å². The van der Waals surface area contributed by atoms with E-state index in [9.17, 15) is 5.11 Å². The fraction of sp³-hybridized carbons (Fsp3) is 0.294. The van der Waals surface area contributed by atoms with Crippen LogP contribution < -0.4 is 9.64 Å². The third-order valence-corrected chi connectivity index (χ3v) is 4.26. The molecule has 2 aromatic rings. The van der Waals surface area contributed by atoms with Crippen LogP contribution in [0.5, 0.6) is 5.75 Å². The number of hydrogen-bond donors (Lipinski definition) is 2. The molecule has 0 aliphatic carbocycles. The molecule has 0 heterocycles. The van der Waals surface area contributed by atoms with Gasteiger partial charge in [-0.2, -0.15) is 0 Å². The lowest BCUT2D eigenvalue weighted by atomic mass is 10.2. The van der Waals surface area contributed by atoms with Gasteiger partial charge in [0, 0.05) is 14.5 Å². The second kappa shape index (κ2) is 8.67. The Bertz CT molecular complexity index is 589. The minimum Gasteiger partial charge on any atom is -0.491 e. The monoisotopic (exact) mass is 428 g/mol. The number of benzene rings is 2. The summed E-state index contributed by atoms with van der Waals surface area (Å²) in [6, 6.07) is 15.9. The second-order valence-corrected chi connectivity index (χ2v) is 7.22. The molecule has 0 aliphatic heterocycles. The maximum Gasteiger partial charge on any atom is 0.137 e. The van der Waals surface area contributed by atoms with Gasteiger partial charge in [0.2, 0.25) is 0 Å². The summed E-state index contributed by atoms with van der Waals surface area (Å²) in [7, 11) is 2.07. The van der Waals surface area contributed by atoms with Crippen LogP contribution in [0.2, 0.25) is 0 Å². The van der Waals surface area contributed by atoms with Crippen LogP contribution in [0.25, 0.3) is 0 Å². The lowest BCUT2D eigenvalue weighted by Crippen LogP contribution is -3.09. The molecule has 3 nitrogen and oxygen atoms in total. The summed E-state index contributed by atoms with van der Waals surface area (Å²) in [4.78, 5) is 1.24. The van der Waals surface area contributed by atoms with Gasteiger partial charge >= 0.3 is 0 Å². The van der Waals surface area contributed by atoms with Crippen LogP contribution in [0.4, 0.5) is 0 Å². The maximum atomic E-state index is 10.1. The Balaban J connectivity index is 1.76. The van der Waals surface area contributed by atoms with Crippen molar-refractivity contribution in [1.29, 1.82) is 0 Å². The molecule has 2 aromatic carbocycles. The molecule has 0 saturated heterocycles. The fourth-order valence-corrected chi connectivity index (χ4v) is 2.88. The Morgan fingerprint density at radius 3 is 2.50 bits per heavy atom. The third kappa shape index (κ3) is 6.08. The Morgan fingerprint density at radius 2 is 1.82 bits per heavy atom. The molecule has 0 aromatic heterocycles. The van der Waals surface area contributed by atoms with E-state index in [4.69, 9.17) is 4.74 Å².